The Morgan fingerprint density at radius 1 is 1.45 bits per heavy atom. The molecule has 9 nitrogen and oxygen atoms in total. The SMILES string of the molecule is CCCc1nc(C(=O)N[C@H](CCC(N)=O)C(=O)O)n[nH]1. The number of nitrogens with one attached hydrogen (secondary N) is 2. The molecule has 1 aromatic rings. The number of carboxylic acid groups (broad SMARTS) is 1. The van der Waals surface area contributed by atoms with Gasteiger partial charge < -0.3 is 16.2 Å². The van der Waals surface area contributed by atoms with Gasteiger partial charge in [0.05, 0.1) is 0 Å². The Morgan fingerprint density at radius 2 is 2.15 bits per heavy atom. The van der Waals surface area contributed by atoms with Crippen LogP contribution in [0.25, 0.3) is 0 Å². The van der Waals surface area contributed by atoms with E-state index in [1.54, 1.807) is 0 Å². The second kappa shape index (κ2) is 7.22. The predicted molar refractivity (Wildman–Crippen MR) is 67.7 cm³/mol. The molecule has 9 heteroatoms. The first-order valence-electron chi connectivity index (χ1n) is 6.17. The minimum Gasteiger partial charge on any atom is -0.480 e. The van der Waals surface area contributed by atoms with E-state index in [0.29, 0.717) is 12.2 Å². The number of carbonyl (C=O) groups excluding carboxylic acids is 2. The fourth-order valence-electron chi connectivity index (χ4n) is 1.51. The Labute approximate surface area is 115 Å². The van der Waals surface area contributed by atoms with Crippen LogP contribution in [0.3, 0.4) is 0 Å². The van der Waals surface area contributed by atoms with Crippen LogP contribution in [-0.4, -0.2) is 44.1 Å². The molecule has 0 aliphatic heterocycles. The molecule has 2 amide bonds. The number of rotatable bonds is 8. The standard InChI is InChI=1S/C11H17N5O4/c1-2-3-8-14-9(16-15-8)10(18)13-6(11(19)20)4-5-7(12)17/h6H,2-5H2,1H3,(H2,12,17)(H,13,18)(H,19,20)(H,14,15,16)/t6-/m1/s1. The van der Waals surface area contributed by atoms with Gasteiger partial charge in [-0.25, -0.2) is 9.78 Å². The lowest BCUT2D eigenvalue weighted by atomic mass is 10.1. The summed E-state index contributed by atoms with van der Waals surface area (Å²) in [6.45, 7) is 1.95. The highest BCUT2D eigenvalue weighted by molar-refractivity contribution is 5.93. The summed E-state index contributed by atoms with van der Waals surface area (Å²) in [7, 11) is 0. The van der Waals surface area contributed by atoms with Gasteiger partial charge in [0.25, 0.3) is 5.91 Å². The third kappa shape index (κ3) is 4.67. The van der Waals surface area contributed by atoms with Gasteiger partial charge in [-0.1, -0.05) is 6.92 Å². The maximum absolute atomic E-state index is 11.8. The van der Waals surface area contributed by atoms with Crippen LogP contribution in [0.1, 0.15) is 42.6 Å². The molecule has 0 aromatic carbocycles. The second-order valence-electron chi connectivity index (χ2n) is 4.22. The zero-order chi connectivity index (χ0) is 15.1. The van der Waals surface area contributed by atoms with Crippen molar-refractivity contribution in [1.82, 2.24) is 20.5 Å². The van der Waals surface area contributed by atoms with Crippen LogP contribution in [0.15, 0.2) is 0 Å². The molecule has 20 heavy (non-hydrogen) atoms. The van der Waals surface area contributed by atoms with Crippen molar-refractivity contribution >= 4 is 17.8 Å². The van der Waals surface area contributed by atoms with Crippen LogP contribution in [0.5, 0.6) is 0 Å². The molecule has 1 rings (SSSR count). The average Bonchev–Trinajstić information content (AvgIpc) is 2.82. The van der Waals surface area contributed by atoms with Gasteiger partial charge in [-0.3, -0.25) is 14.7 Å². The minimum absolute atomic E-state index is 0.0807. The highest BCUT2D eigenvalue weighted by Crippen LogP contribution is 2.01. The van der Waals surface area contributed by atoms with Crippen LogP contribution in [0.2, 0.25) is 0 Å². The number of aryl methyl sites for hydroxylation is 1. The van der Waals surface area contributed by atoms with E-state index in [2.05, 4.69) is 20.5 Å². The van der Waals surface area contributed by atoms with Crippen LogP contribution in [0, 0.1) is 0 Å². The fraction of sp³-hybridized carbons (Fsp3) is 0.545. The molecule has 0 radical (unpaired) electrons. The van der Waals surface area contributed by atoms with E-state index in [0.717, 1.165) is 6.42 Å². The molecular formula is C11H17N5O4. The van der Waals surface area contributed by atoms with Crippen LogP contribution in [-0.2, 0) is 16.0 Å². The van der Waals surface area contributed by atoms with Gasteiger partial charge in [0.1, 0.15) is 11.9 Å². The zero-order valence-corrected chi connectivity index (χ0v) is 11.0. The van der Waals surface area contributed by atoms with Crippen molar-refractivity contribution < 1.29 is 19.5 Å². The second-order valence-corrected chi connectivity index (χ2v) is 4.22. The number of aliphatic carboxylic acids is 1. The number of hydrogen-bond acceptors (Lipinski definition) is 5. The number of aromatic amines is 1. The molecule has 0 fully saturated rings. The molecule has 1 aromatic heterocycles. The molecule has 0 unspecified atom stereocenters. The van der Waals surface area contributed by atoms with Gasteiger partial charge in [0, 0.05) is 12.8 Å². The number of nitrogens with zero attached hydrogens (tertiary/aromatic N) is 2. The third-order valence-corrected chi connectivity index (χ3v) is 2.50. The third-order valence-electron chi connectivity index (χ3n) is 2.50. The highest BCUT2D eigenvalue weighted by Gasteiger charge is 2.23. The van der Waals surface area contributed by atoms with Crippen LogP contribution in [0.4, 0.5) is 0 Å². The first-order chi connectivity index (χ1) is 9.43. The number of aromatic nitrogens is 3. The summed E-state index contributed by atoms with van der Waals surface area (Å²) < 4.78 is 0. The normalized spacial score (nSPS) is 11.8. The number of amides is 2. The molecular weight excluding hydrogens is 266 g/mol. The number of carbonyl (C=O) groups is 3. The molecule has 0 saturated heterocycles. The molecule has 0 spiro atoms. The Balaban J connectivity index is 2.64. The number of nitrogens with two attached hydrogens (primary N) is 1. The molecule has 5 N–H and O–H groups in total. The van der Waals surface area contributed by atoms with Crippen molar-refractivity contribution in [2.75, 3.05) is 0 Å². The lowest BCUT2D eigenvalue weighted by Gasteiger charge is -2.11. The summed E-state index contributed by atoms with van der Waals surface area (Å²) in [5.74, 6) is -2.15. The topological polar surface area (TPSA) is 151 Å². The van der Waals surface area contributed by atoms with E-state index >= 15 is 0 Å². The summed E-state index contributed by atoms with van der Waals surface area (Å²) in [6.07, 6.45) is 1.27. The summed E-state index contributed by atoms with van der Waals surface area (Å²) in [5.41, 5.74) is 4.95. The van der Waals surface area contributed by atoms with Gasteiger partial charge >= 0.3 is 5.97 Å². The zero-order valence-electron chi connectivity index (χ0n) is 11.0. The van der Waals surface area contributed by atoms with Gasteiger partial charge in [-0.05, 0) is 12.8 Å². The Kier molecular flexibility index (Phi) is 5.63. The molecule has 0 aliphatic carbocycles. The largest absolute Gasteiger partial charge is 0.480 e. The first-order valence-corrected chi connectivity index (χ1v) is 6.17. The molecule has 1 heterocycles. The summed E-state index contributed by atoms with van der Waals surface area (Å²) in [5, 5.41) is 17.5. The molecule has 0 aliphatic rings. The van der Waals surface area contributed by atoms with E-state index in [1.165, 1.54) is 0 Å². The lowest BCUT2D eigenvalue weighted by molar-refractivity contribution is -0.139. The van der Waals surface area contributed by atoms with Gasteiger partial charge in [0.2, 0.25) is 11.7 Å². The summed E-state index contributed by atoms with van der Waals surface area (Å²) >= 11 is 0. The lowest BCUT2D eigenvalue weighted by Crippen LogP contribution is -2.41. The fourth-order valence-corrected chi connectivity index (χ4v) is 1.51. The highest BCUT2D eigenvalue weighted by atomic mass is 16.4. The Morgan fingerprint density at radius 3 is 2.70 bits per heavy atom. The van der Waals surface area contributed by atoms with E-state index in [9.17, 15) is 14.4 Å². The smallest absolute Gasteiger partial charge is 0.326 e. The maximum Gasteiger partial charge on any atom is 0.326 e. The van der Waals surface area contributed by atoms with E-state index in [4.69, 9.17) is 10.8 Å². The first kappa shape index (κ1) is 15.6. The minimum atomic E-state index is -1.25. The van der Waals surface area contributed by atoms with Crippen molar-refractivity contribution in [3.8, 4) is 0 Å². The van der Waals surface area contributed by atoms with Crippen molar-refractivity contribution in [2.24, 2.45) is 5.73 Å². The number of H-pyrrole nitrogens is 1. The number of hydrogen-bond donors (Lipinski definition) is 4. The van der Waals surface area contributed by atoms with Crippen molar-refractivity contribution in [1.29, 1.82) is 0 Å². The number of carboxylic acids is 1. The van der Waals surface area contributed by atoms with Gasteiger partial charge in [-0.2, -0.15) is 0 Å². The van der Waals surface area contributed by atoms with E-state index in [1.807, 2.05) is 6.92 Å². The number of primary amides is 1. The molecule has 0 bridgehead atoms. The average molecular weight is 283 g/mol. The molecule has 0 saturated carbocycles. The molecule has 110 valence electrons. The van der Waals surface area contributed by atoms with Gasteiger partial charge in [-0.15, -0.1) is 5.10 Å². The van der Waals surface area contributed by atoms with Crippen LogP contribution >= 0.6 is 0 Å². The maximum atomic E-state index is 11.8. The van der Waals surface area contributed by atoms with Gasteiger partial charge in [0.15, 0.2) is 0 Å². The Bertz CT molecular complexity index is 499. The Hall–Kier alpha value is -2.45. The van der Waals surface area contributed by atoms with E-state index in [-0.39, 0.29) is 18.7 Å². The van der Waals surface area contributed by atoms with E-state index < -0.39 is 23.8 Å². The van der Waals surface area contributed by atoms with Crippen molar-refractivity contribution in [2.45, 2.75) is 38.6 Å². The molecule has 1 atom stereocenters. The van der Waals surface area contributed by atoms with Crippen molar-refractivity contribution in [3.05, 3.63) is 11.6 Å². The monoisotopic (exact) mass is 283 g/mol. The van der Waals surface area contributed by atoms with Crippen molar-refractivity contribution in [3.63, 3.8) is 0 Å². The summed E-state index contributed by atoms with van der Waals surface area (Å²) in [4.78, 5) is 37.3. The summed E-state index contributed by atoms with van der Waals surface area (Å²) in [6, 6.07) is -1.21. The predicted octanol–water partition coefficient (Wildman–Crippen LogP) is -0.794. The quantitative estimate of drug-likeness (QED) is 0.490. The van der Waals surface area contributed by atoms with Crippen LogP contribution < -0.4 is 11.1 Å².